The van der Waals surface area contributed by atoms with Crippen molar-refractivity contribution in [3.63, 3.8) is 0 Å². The number of methoxy groups -OCH3 is 1. The number of hydrogen-bond acceptors (Lipinski definition) is 3. The van der Waals surface area contributed by atoms with Crippen molar-refractivity contribution >= 4 is 17.5 Å². The third-order valence-corrected chi connectivity index (χ3v) is 3.50. The molecule has 1 heterocycles. The van der Waals surface area contributed by atoms with Crippen molar-refractivity contribution < 1.29 is 9.53 Å². The van der Waals surface area contributed by atoms with Crippen LogP contribution in [0.4, 0.5) is 0 Å². The van der Waals surface area contributed by atoms with E-state index >= 15 is 0 Å². The summed E-state index contributed by atoms with van der Waals surface area (Å²) in [5.74, 6) is 0.638. The number of amides is 1. The Balaban J connectivity index is 2.09. The molecule has 2 rings (SSSR count). The highest BCUT2D eigenvalue weighted by molar-refractivity contribution is 6.31. The Morgan fingerprint density at radius 3 is 2.57 bits per heavy atom. The molecule has 0 bridgehead atoms. The van der Waals surface area contributed by atoms with Crippen molar-refractivity contribution in [3.8, 4) is 5.75 Å². The first-order valence-corrected chi connectivity index (χ1v) is 7.04. The van der Waals surface area contributed by atoms with E-state index in [-0.39, 0.29) is 5.91 Å². The fraction of sp³-hybridized carbons (Fsp3) is 0.333. The van der Waals surface area contributed by atoms with E-state index in [1.807, 2.05) is 6.92 Å². The summed E-state index contributed by atoms with van der Waals surface area (Å²) >= 11 is 6.12. The minimum atomic E-state index is -0.0835. The zero-order valence-corrected chi connectivity index (χ0v) is 13.1. The molecule has 1 aromatic carbocycles. The second kappa shape index (κ2) is 6.63. The molecule has 0 fully saturated rings. The predicted octanol–water partition coefficient (Wildman–Crippen LogP) is 2.84. The van der Waals surface area contributed by atoms with Gasteiger partial charge in [-0.1, -0.05) is 11.6 Å². The van der Waals surface area contributed by atoms with Gasteiger partial charge in [-0.15, -0.1) is 0 Å². The molecule has 1 amide bonds. The number of ether oxygens (including phenoxy) is 1. The largest absolute Gasteiger partial charge is 0.497 e. The van der Waals surface area contributed by atoms with Gasteiger partial charge in [-0.25, -0.2) is 0 Å². The first-order valence-electron chi connectivity index (χ1n) is 6.66. The van der Waals surface area contributed by atoms with Gasteiger partial charge in [0.25, 0.3) is 5.91 Å². The molecule has 112 valence electrons. The molecule has 0 radical (unpaired) electrons. The summed E-state index contributed by atoms with van der Waals surface area (Å²) in [6, 6.07) is 7.01. The Labute approximate surface area is 129 Å². The van der Waals surface area contributed by atoms with E-state index in [2.05, 4.69) is 5.10 Å². The van der Waals surface area contributed by atoms with Crippen LogP contribution in [0.2, 0.25) is 5.02 Å². The molecule has 21 heavy (non-hydrogen) atoms. The first kappa shape index (κ1) is 15.4. The van der Waals surface area contributed by atoms with Gasteiger partial charge in [0.1, 0.15) is 11.4 Å². The maximum Gasteiger partial charge on any atom is 0.253 e. The van der Waals surface area contributed by atoms with E-state index in [1.54, 1.807) is 54.2 Å². The number of hydrogen-bond donors (Lipinski definition) is 0. The summed E-state index contributed by atoms with van der Waals surface area (Å²) in [6.45, 7) is 3.10. The van der Waals surface area contributed by atoms with Crippen molar-refractivity contribution in [3.05, 3.63) is 46.7 Å². The van der Waals surface area contributed by atoms with E-state index in [0.717, 1.165) is 12.3 Å². The Bertz CT molecular complexity index is 622. The van der Waals surface area contributed by atoms with Gasteiger partial charge in [-0.3, -0.25) is 9.48 Å². The van der Waals surface area contributed by atoms with Gasteiger partial charge in [-0.05, 0) is 31.2 Å². The van der Waals surface area contributed by atoms with Crippen LogP contribution in [0, 0.1) is 0 Å². The van der Waals surface area contributed by atoms with Gasteiger partial charge in [-0.2, -0.15) is 5.10 Å². The smallest absolute Gasteiger partial charge is 0.253 e. The van der Waals surface area contributed by atoms with Crippen LogP contribution >= 0.6 is 11.6 Å². The van der Waals surface area contributed by atoms with Crippen molar-refractivity contribution in [1.82, 2.24) is 14.7 Å². The van der Waals surface area contributed by atoms with E-state index in [0.29, 0.717) is 22.8 Å². The number of aromatic nitrogens is 2. The topological polar surface area (TPSA) is 47.4 Å². The average molecular weight is 308 g/mol. The number of halogens is 1. The summed E-state index contributed by atoms with van der Waals surface area (Å²) < 4.78 is 6.83. The van der Waals surface area contributed by atoms with Gasteiger partial charge in [0.05, 0.1) is 18.7 Å². The van der Waals surface area contributed by atoms with Gasteiger partial charge in [0.15, 0.2) is 0 Å². The van der Waals surface area contributed by atoms with E-state index in [9.17, 15) is 4.79 Å². The number of rotatable bonds is 5. The molecule has 5 nitrogen and oxygen atoms in total. The molecule has 0 aliphatic rings. The zero-order valence-electron chi connectivity index (χ0n) is 12.3. The zero-order chi connectivity index (χ0) is 15.4. The minimum absolute atomic E-state index is 0.0835. The highest BCUT2D eigenvalue weighted by Gasteiger charge is 2.15. The maximum atomic E-state index is 12.3. The van der Waals surface area contributed by atoms with Crippen LogP contribution in [0.15, 0.2) is 30.5 Å². The lowest BCUT2D eigenvalue weighted by atomic mass is 10.2. The monoisotopic (exact) mass is 307 g/mol. The van der Waals surface area contributed by atoms with Gasteiger partial charge in [0.2, 0.25) is 0 Å². The lowest BCUT2D eigenvalue weighted by Gasteiger charge is -2.16. The molecular weight excluding hydrogens is 290 g/mol. The van der Waals surface area contributed by atoms with E-state index in [4.69, 9.17) is 16.3 Å². The number of benzene rings is 1. The highest BCUT2D eigenvalue weighted by atomic mass is 35.5. The SMILES string of the molecule is CCn1cc(Cl)c(CN(C)C(=O)c2ccc(OC)cc2)n1. The summed E-state index contributed by atoms with van der Waals surface area (Å²) in [4.78, 5) is 13.9. The summed E-state index contributed by atoms with van der Waals surface area (Å²) in [7, 11) is 3.32. The van der Waals surface area contributed by atoms with Crippen LogP contribution < -0.4 is 4.74 Å². The Morgan fingerprint density at radius 2 is 2.05 bits per heavy atom. The van der Waals surface area contributed by atoms with Crippen LogP contribution in [-0.2, 0) is 13.1 Å². The van der Waals surface area contributed by atoms with Crippen LogP contribution in [0.1, 0.15) is 23.0 Å². The lowest BCUT2D eigenvalue weighted by molar-refractivity contribution is 0.0783. The molecule has 2 aromatic rings. The number of carbonyl (C=O) groups is 1. The molecule has 0 N–H and O–H groups in total. The van der Waals surface area contributed by atoms with Gasteiger partial charge < -0.3 is 9.64 Å². The number of carbonyl (C=O) groups excluding carboxylic acids is 1. The second-order valence-corrected chi connectivity index (χ2v) is 5.08. The number of aryl methyl sites for hydroxylation is 1. The molecule has 0 aliphatic carbocycles. The molecule has 1 aromatic heterocycles. The quantitative estimate of drug-likeness (QED) is 0.853. The standard InChI is InChI=1S/C15H18ClN3O2/c1-4-19-9-13(16)14(17-19)10-18(2)15(20)11-5-7-12(21-3)8-6-11/h5-9H,4,10H2,1-3H3. The number of nitrogens with zero attached hydrogens (tertiary/aromatic N) is 3. The van der Waals surface area contributed by atoms with Crippen LogP contribution in [0.5, 0.6) is 5.75 Å². The van der Waals surface area contributed by atoms with Crippen LogP contribution in [-0.4, -0.2) is 34.7 Å². The Morgan fingerprint density at radius 1 is 1.38 bits per heavy atom. The summed E-state index contributed by atoms with van der Waals surface area (Å²) in [6.07, 6.45) is 1.77. The molecule has 0 saturated carbocycles. The molecule has 6 heteroatoms. The summed E-state index contributed by atoms with van der Waals surface area (Å²) in [5, 5.41) is 4.92. The van der Waals surface area contributed by atoms with Crippen molar-refractivity contribution in [1.29, 1.82) is 0 Å². The predicted molar refractivity (Wildman–Crippen MR) is 81.7 cm³/mol. The Kier molecular flexibility index (Phi) is 4.85. The van der Waals surface area contributed by atoms with E-state index < -0.39 is 0 Å². The first-order chi connectivity index (χ1) is 10.0. The average Bonchev–Trinajstić information content (AvgIpc) is 2.86. The van der Waals surface area contributed by atoms with Gasteiger partial charge >= 0.3 is 0 Å². The molecule has 0 unspecified atom stereocenters. The molecule has 0 atom stereocenters. The highest BCUT2D eigenvalue weighted by Crippen LogP contribution is 2.17. The second-order valence-electron chi connectivity index (χ2n) is 4.67. The Hall–Kier alpha value is -2.01. The maximum absolute atomic E-state index is 12.3. The molecule has 0 saturated heterocycles. The normalized spacial score (nSPS) is 10.5. The van der Waals surface area contributed by atoms with E-state index in [1.165, 1.54) is 0 Å². The third kappa shape index (κ3) is 3.55. The lowest BCUT2D eigenvalue weighted by Crippen LogP contribution is -2.26. The minimum Gasteiger partial charge on any atom is -0.497 e. The fourth-order valence-corrected chi connectivity index (χ4v) is 2.17. The van der Waals surface area contributed by atoms with Crippen LogP contribution in [0.25, 0.3) is 0 Å². The van der Waals surface area contributed by atoms with Crippen molar-refractivity contribution in [2.24, 2.45) is 0 Å². The van der Waals surface area contributed by atoms with Gasteiger partial charge in [0, 0.05) is 25.4 Å². The summed E-state index contributed by atoms with van der Waals surface area (Å²) in [5.41, 5.74) is 1.30. The van der Waals surface area contributed by atoms with Crippen molar-refractivity contribution in [2.45, 2.75) is 20.0 Å². The molecular formula is C15H18ClN3O2. The molecule has 0 spiro atoms. The fourth-order valence-electron chi connectivity index (χ4n) is 1.96. The molecule has 0 aliphatic heterocycles. The van der Waals surface area contributed by atoms with Crippen molar-refractivity contribution in [2.75, 3.05) is 14.2 Å². The van der Waals surface area contributed by atoms with Crippen LogP contribution in [0.3, 0.4) is 0 Å². The third-order valence-electron chi connectivity index (χ3n) is 3.18.